The van der Waals surface area contributed by atoms with Crippen LogP contribution in [0.3, 0.4) is 0 Å². The Balaban J connectivity index is 1.77. The van der Waals surface area contributed by atoms with Gasteiger partial charge >= 0.3 is 17.9 Å². The van der Waals surface area contributed by atoms with E-state index >= 15 is 0 Å². The number of pyridine rings is 1. The summed E-state index contributed by atoms with van der Waals surface area (Å²) in [5.41, 5.74) is 1.44. The Morgan fingerprint density at radius 3 is 1.58 bits per heavy atom. The first kappa shape index (κ1) is 27.4. The van der Waals surface area contributed by atoms with Crippen LogP contribution in [-0.2, 0) is 20.9 Å². The predicted octanol–water partition coefficient (Wildman–Crippen LogP) is 0.349. The first-order valence-electron chi connectivity index (χ1n) is 11.8. The molecule has 1 saturated heterocycles. The van der Waals surface area contributed by atoms with Crippen molar-refractivity contribution in [1.82, 2.24) is 24.6 Å². The van der Waals surface area contributed by atoms with Crippen molar-refractivity contribution in [2.75, 3.05) is 72.0 Å². The van der Waals surface area contributed by atoms with E-state index in [0.29, 0.717) is 69.8 Å². The van der Waals surface area contributed by atoms with E-state index in [0.717, 1.165) is 5.69 Å². The van der Waals surface area contributed by atoms with Gasteiger partial charge in [0.15, 0.2) is 0 Å². The number of benzene rings is 1. The van der Waals surface area contributed by atoms with Crippen LogP contribution >= 0.6 is 0 Å². The first-order chi connectivity index (χ1) is 17.2. The SMILES string of the molecule is O=C(O)CN1CCN(CC(=O)O)CCN(Cc2ccc3cc(F)ccc3n2)CCN(CC(=O)O)CC1. The number of carboxylic acids is 3. The van der Waals surface area contributed by atoms with Crippen molar-refractivity contribution >= 4 is 28.8 Å². The van der Waals surface area contributed by atoms with Crippen molar-refractivity contribution in [3.8, 4) is 0 Å². The molecular weight excluding hydrogens is 473 g/mol. The maximum atomic E-state index is 13.5. The molecule has 1 aliphatic rings. The fraction of sp³-hybridized carbons (Fsp3) is 0.500. The fourth-order valence-corrected chi connectivity index (χ4v) is 4.24. The number of carboxylic acid groups (broad SMARTS) is 3. The fourth-order valence-electron chi connectivity index (χ4n) is 4.24. The second-order valence-electron chi connectivity index (χ2n) is 8.93. The Morgan fingerprint density at radius 1 is 0.694 bits per heavy atom. The molecule has 0 spiro atoms. The smallest absolute Gasteiger partial charge is 0.317 e. The van der Waals surface area contributed by atoms with Gasteiger partial charge in [0.25, 0.3) is 0 Å². The number of nitrogens with zero attached hydrogens (tertiary/aromatic N) is 5. The molecule has 0 saturated carbocycles. The summed E-state index contributed by atoms with van der Waals surface area (Å²) < 4.78 is 13.5. The number of fused-ring (bicyclic) bond motifs is 1. The van der Waals surface area contributed by atoms with Crippen molar-refractivity contribution in [3.05, 3.63) is 41.8 Å². The van der Waals surface area contributed by atoms with E-state index in [2.05, 4.69) is 9.88 Å². The standard InChI is InChI=1S/C24H32FN5O6/c25-19-2-4-21-18(13-19)1-3-20(26-21)14-27-5-7-28(15-22(31)32)9-11-30(17-24(35)36)12-10-29(8-6-27)16-23(33)34/h1-4,13H,5-12,14-17H2,(H,31,32)(H,33,34)(H,35,36). The predicted molar refractivity (Wildman–Crippen MR) is 129 cm³/mol. The van der Waals surface area contributed by atoms with E-state index in [-0.39, 0.29) is 25.5 Å². The number of hydrogen-bond acceptors (Lipinski definition) is 8. The average molecular weight is 506 g/mol. The lowest BCUT2D eigenvalue weighted by Gasteiger charge is -2.33. The summed E-state index contributed by atoms with van der Waals surface area (Å²) in [5.74, 6) is -3.25. The van der Waals surface area contributed by atoms with Gasteiger partial charge in [-0.15, -0.1) is 0 Å². The molecular formula is C24H32FN5O6. The zero-order valence-corrected chi connectivity index (χ0v) is 20.1. The monoisotopic (exact) mass is 505 g/mol. The minimum absolute atomic E-state index is 0.167. The minimum Gasteiger partial charge on any atom is -0.480 e. The van der Waals surface area contributed by atoms with Crippen LogP contribution in [0.15, 0.2) is 30.3 Å². The molecule has 0 amide bonds. The summed E-state index contributed by atoms with van der Waals surface area (Å²) in [6, 6.07) is 8.03. The van der Waals surface area contributed by atoms with Crippen molar-refractivity contribution in [2.24, 2.45) is 0 Å². The van der Waals surface area contributed by atoms with Crippen molar-refractivity contribution in [2.45, 2.75) is 6.54 Å². The molecule has 0 bridgehead atoms. The minimum atomic E-state index is -0.992. The van der Waals surface area contributed by atoms with Crippen LogP contribution in [-0.4, -0.2) is 130 Å². The maximum Gasteiger partial charge on any atom is 0.317 e. The second kappa shape index (κ2) is 13.2. The number of hydrogen-bond donors (Lipinski definition) is 3. The maximum absolute atomic E-state index is 13.5. The number of carbonyl (C=O) groups is 3. The quantitative estimate of drug-likeness (QED) is 0.458. The van der Waals surface area contributed by atoms with Crippen LogP contribution in [0.25, 0.3) is 10.9 Å². The van der Waals surface area contributed by atoms with Gasteiger partial charge in [-0.25, -0.2) is 4.39 Å². The van der Waals surface area contributed by atoms with E-state index in [1.165, 1.54) is 12.1 Å². The highest BCUT2D eigenvalue weighted by molar-refractivity contribution is 5.78. The van der Waals surface area contributed by atoms with Gasteiger partial charge in [-0.05, 0) is 24.3 Å². The number of aliphatic carboxylic acids is 3. The van der Waals surface area contributed by atoms with Crippen molar-refractivity contribution in [1.29, 1.82) is 0 Å². The van der Waals surface area contributed by atoms with E-state index < -0.39 is 17.9 Å². The average Bonchev–Trinajstić information content (AvgIpc) is 2.79. The summed E-state index contributed by atoms with van der Waals surface area (Å²) in [7, 11) is 0. The summed E-state index contributed by atoms with van der Waals surface area (Å²) >= 11 is 0. The van der Waals surface area contributed by atoms with Crippen LogP contribution in [0.5, 0.6) is 0 Å². The first-order valence-corrected chi connectivity index (χ1v) is 11.8. The van der Waals surface area contributed by atoms with Crippen LogP contribution in [0.2, 0.25) is 0 Å². The van der Waals surface area contributed by atoms with Gasteiger partial charge < -0.3 is 15.3 Å². The molecule has 196 valence electrons. The van der Waals surface area contributed by atoms with Crippen molar-refractivity contribution < 1.29 is 34.1 Å². The molecule has 1 aromatic carbocycles. The van der Waals surface area contributed by atoms with Gasteiger partial charge in [0.05, 0.1) is 30.8 Å². The molecule has 12 heteroatoms. The normalized spacial score (nSPS) is 17.9. The number of rotatable bonds is 8. The Labute approximate surface area is 208 Å². The summed E-state index contributed by atoms with van der Waals surface area (Å²) in [5, 5.41) is 28.6. The Hall–Kier alpha value is -3.19. The molecule has 3 N–H and O–H groups in total. The van der Waals surface area contributed by atoms with Crippen LogP contribution in [0.4, 0.5) is 4.39 Å². The van der Waals surface area contributed by atoms with Gasteiger partial charge in [0, 0.05) is 64.3 Å². The highest BCUT2D eigenvalue weighted by atomic mass is 19.1. The third-order valence-corrected chi connectivity index (χ3v) is 6.10. The van der Waals surface area contributed by atoms with Crippen LogP contribution in [0.1, 0.15) is 5.69 Å². The second-order valence-corrected chi connectivity index (χ2v) is 8.93. The van der Waals surface area contributed by atoms with E-state index in [4.69, 9.17) is 0 Å². The largest absolute Gasteiger partial charge is 0.480 e. The summed E-state index contributed by atoms with van der Waals surface area (Å²) in [6.07, 6.45) is 0. The number of aromatic nitrogens is 1. The zero-order valence-electron chi connectivity index (χ0n) is 20.1. The van der Waals surface area contributed by atoms with Crippen LogP contribution in [0, 0.1) is 5.82 Å². The molecule has 1 aliphatic heterocycles. The van der Waals surface area contributed by atoms with Gasteiger partial charge in [-0.2, -0.15) is 0 Å². The molecule has 1 aromatic heterocycles. The third-order valence-electron chi connectivity index (χ3n) is 6.10. The van der Waals surface area contributed by atoms with Gasteiger partial charge in [0.2, 0.25) is 0 Å². The van der Waals surface area contributed by atoms with Gasteiger partial charge in [0.1, 0.15) is 5.82 Å². The highest BCUT2D eigenvalue weighted by Gasteiger charge is 2.20. The van der Waals surface area contributed by atoms with E-state index in [1.54, 1.807) is 20.8 Å². The molecule has 2 aromatic rings. The van der Waals surface area contributed by atoms with Gasteiger partial charge in [-0.1, -0.05) is 6.07 Å². The number of halogens is 1. The molecule has 1 fully saturated rings. The lowest BCUT2D eigenvalue weighted by Crippen LogP contribution is -2.48. The Kier molecular flexibility index (Phi) is 10.1. The topological polar surface area (TPSA) is 138 Å². The molecule has 0 unspecified atom stereocenters. The highest BCUT2D eigenvalue weighted by Crippen LogP contribution is 2.15. The third kappa shape index (κ3) is 9.11. The molecule has 0 atom stereocenters. The molecule has 0 aliphatic carbocycles. The zero-order chi connectivity index (χ0) is 26.1. The van der Waals surface area contributed by atoms with E-state index in [1.807, 2.05) is 12.1 Å². The molecule has 36 heavy (non-hydrogen) atoms. The lowest BCUT2D eigenvalue weighted by atomic mass is 10.2. The molecule has 11 nitrogen and oxygen atoms in total. The Morgan fingerprint density at radius 2 is 1.14 bits per heavy atom. The Bertz CT molecular complexity index is 1040. The van der Waals surface area contributed by atoms with Gasteiger partial charge in [-0.3, -0.25) is 39.0 Å². The van der Waals surface area contributed by atoms with Crippen LogP contribution < -0.4 is 0 Å². The molecule has 2 heterocycles. The summed E-state index contributed by atoms with van der Waals surface area (Å²) in [6.45, 7) is 3.25. The van der Waals surface area contributed by atoms with Crippen molar-refractivity contribution in [3.63, 3.8) is 0 Å². The summed E-state index contributed by atoms with van der Waals surface area (Å²) in [4.78, 5) is 46.1. The van der Waals surface area contributed by atoms with E-state index in [9.17, 15) is 34.1 Å². The lowest BCUT2D eigenvalue weighted by molar-refractivity contribution is -0.140. The molecule has 0 radical (unpaired) electrons. The molecule has 3 rings (SSSR count).